The van der Waals surface area contributed by atoms with Crippen LogP contribution >= 0.6 is 11.8 Å². The predicted molar refractivity (Wildman–Crippen MR) is 106 cm³/mol. The van der Waals surface area contributed by atoms with E-state index in [0.717, 1.165) is 35.1 Å². The molecule has 1 aromatic heterocycles. The van der Waals surface area contributed by atoms with Crippen LogP contribution in [-0.2, 0) is 6.54 Å². The first kappa shape index (κ1) is 19.0. The largest absolute Gasteiger partial charge is 0.497 e. The van der Waals surface area contributed by atoms with E-state index in [4.69, 9.17) is 9.47 Å². The molecule has 0 unspecified atom stereocenters. The van der Waals surface area contributed by atoms with Crippen molar-refractivity contribution in [2.75, 3.05) is 19.5 Å². The fourth-order valence-corrected chi connectivity index (χ4v) is 3.45. The van der Waals surface area contributed by atoms with Crippen LogP contribution in [0, 0.1) is 0 Å². The summed E-state index contributed by atoms with van der Waals surface area (Å²) in [7, 11) is 1.65. The fourth-order valence-electron chi connectivity index (χ4n) is 2.63. The lowest BCUT2D eigenvalue weighted by molar-refractivity contribution is 0.112. The molecule has 0 saturated carbocycles. The zero-order valence-electron chi connectivity index (χ0n) is 15.3. The predicted octanol–water partition coefficient (Wildman–Crippen LogP) is 3.96. The van der Waals surface area contributed by atoms with Gasteiger partial charge >= 0.3 is 0 Å². The molecule has 140 valence electrons. The van der Waals surface area contributed by atoms with Crippen molar-refractivity contribution in [3.8, 4) is 22.9 Å². The van der Waals surface area contributed by atoms with Gasteiger partial charge in [-0.05, 0) is 43.3 Å². The highest BCUT2D eigenvalue weighted by Gasteiger charge is 2.13. The number of hydrogen-bond acceptors (Lipinski definition) is 6. The summed E-state index contributed by atoms with van der Waals surface area (Å²) in [6, 6.07) is 15.0. The van der Waals surface area contributed by atoms with Gasteiger partial charge < -0.3 is 14.0 Å². The molecule has 0 aliphatic rings. The van der Waals surface area contributed by atoms with Gasteiger partial charge in [-0.15, -0.1) is 10.2 Å². The number of nitrogens with zero attached hydrogens (tertiary/aromatic N) is 3. The minimum atomic E-state index is 0.476. The van der Waals surface area contributed by atoms with Crippen molar-refractivity contribution < 1.29 is 14.3 Å². The molecule has 0 bridgehead atoms. The maximum absolute atomic E-state index is 11.0. The number of para-hydroxylation sites is 1. The quantitative estimate of drug-likeness (QED) is 0.317. The second kappa shape index (κ2) is 9.23. The van der Waals surface area contributed by atoms with E-state index in [1.807, 2.05) is 36.4 Å². The summed E-state index contributed by atoms with van der Waals surface area (Å²) < 4.78 is 13.0. The molecular formula is C20H21N3O3S. The number of ether oxygens (including phenoxy) is 2. The number of rotatable bonds is 9. The van der Waals surface area contributed by atoms with Crippen molar-refractivity contribution in [2.45, 2.75) is 18.6 Å². The Kier molecular flexibility index (Phi) is 6.49. The molecule has 0 aliphatic carbocycles. The highest BCUT2D eigenvalue weighted by Crippen LogP contribution is 2.25. The van der Waals surface area contributed by atoms with Crippen LogP contribution in [0.4, 0.5) is 0 Å². The molecule has 27 heavy (non-hydrogen) atoms. The van der Waals surface area contributed by atoms with E-state index < -0.39 is 0 Å². The normalized spacial score (nSPS) is 10.6. The summed E-state index contributed by atoms with van der Waals surface area (Å²) in [6.07, 6.45) is 0.803. The first-order valence-electron chi connectivity index (χ1n) is 8.64. The number of thioether (sulfide) groups is 1. The van der Waals surface area contributed by atoms with E-state index in [1.54, 1.807) is 31.0 Å². The Morgan fingerprint density at radius 1 is 1.11 bits per heavy atom. The second-order valence-corrected chi connectivity index (χ2v) is 6.69. The molecule has 3 rings (SSSR count). The summed E-state index contributed by atoms with van der Waals surface area (Å²) in [5, 5.41) is 9.50. The van der Waals surface area contributed by atoms with Gasteiger partial charge in [-0.2, -0.15) is 0 Å². The van der Waals surface area contributed by atoms with Crippen molar-refractivity contribution in [1.29, 1.82) is 0 Å². The number of aldehydes is 1. The topological polar surface area (TPSA) is 66.2 Å². The Morgan fingerprint density at radius 2 is 1.89 bits per heavy atom. The van der Waals surface area contributed by atoms with Gasteiger partial charge in [-0.25, -0.2) is 0 Å². The summed E-state index contributed by atoms with van der Waals surface area (Å²) in [5.41, 5.74) is 1.55. The summed E-state index contributed by atoms with van der Waals surface area (Å²) in [5.74, 6) is 2.94. The Bertz CT molecular complexity index is 894. The molecular weight excluding hydrogens is 362 g/mol. The first-order chi connectivity index (χ1) is 13.3. The van der Waals surface area contributed by atoms with Crippen LogP contribution in [0.1, 0.15) is 17.3 Å². The van der Waals surface area contributed by atoms with E-state index in [9.17, 15) is 4.79 Å². The number of carbonyl (C=O) groups is 1. The molecule has 0 atom stereocenters. The average molecular weight is 383 g/mol. The van der Waals surface area contributed by atoms with E-state index in [0.29, 0.717) is 23.7 Å². The van der Waals surface area contributed by atoms with Crippen LogP contribution in [-0.4, -0.2) is 40.5 Å². The highest BCUT2D eigenvalue weighted by molar-refractivity contribution is 7.99. The lowest BCUT2D eigenvalue weighted by Gasteiger charge is -2.09. The third kappa shape index (κ3) is 4.49. The van der Waals surface area contributed by atoms with Crippen molar-refractivity contribution in [3.63, 3.8) is 0 Å². The zero-order valence-corrected chi connectivity index (χ0v) is 16.1. The van der Waals surface area contributed by atoms with Gasteiger partial charge in [0.1, 0.15) is 11.5 Å². The third-order valence-electron chi connectivity index (χ3n) is 4.00. The second-order valence-electron chi connectivity index (χ2n) is 5.63. The minimum Gasteiger partial charge on any atom is -0.497 e. The van der Waals surface area contributed by atoms with E-state index in [2.05, 4.69) is 21.7 Å². The van der Waals surface area contributed by atoms with E-state index in [1.165, 1.54) is 0 Å². The molecule has 6 nitrogen and oxygen atoms in total. The van der Waals surface area contributed by atoms with Crippen LogP contribution in [0.5, 0.6) is 11.5 Å². The maximum atomic E-state index is 11.0. The van der Waals surface area contributed by atoms with Gasteiger partial charge in [0, 0.05) is 17.9 Å². The van der Waals surface area contributed by atoms with Crippen LogP contribution in [0.25, 0.3) is 11.4 Å². The van der Waals surface area contributed by atoms with Crippen LogP contribution in [0.2, 0.25) is 0 Å². The lowest BCUT2D eigenvalue weighted by atomic mass is 10.2. The maximum Gasteiger partial charge on any atom is 0.191 e. The molecule has 1 heterocycles. The van der Waals surface area contributed by atoms with Gasteiger partial charge in [-0.1, -0.05) is 23.9 Å². The van der Waals surface area contributed by atoms with Gasteiger partial charge in [0.15, 0.2) is 17.3 Å². The summed E-state index contributed by atoms with van der Waals surface area (Å²) in [4.78, 5) is 11.0. The number of methoxy groups -OCH3 is 1. The van der Waals surface area contributed by atoms with Crippen molar-refractivity contribution in [2.24, 2.45) is 0 Å². The fraction of sp³-hybridized carbons (Fsp3) is 0.250. The average Bonchev–Trinajstić information content (AvgIpc) is 3.14. The minimum absolute atomic E-state index is 0.476. The van der Waals surface area contributed by atoms with Crippen molar-refractivity contribution in [1.82, 2.24) is 14.8 Å². The standard InChI is InChI=1S/C20H21N3O3S/c1-3-23-19(15-8-10-17(25-2)11-9-15)21-22-20(23)27-13-12-26-18-7-5-4-6-16(18)14-24/h4-11,14H,3,12-13H2,1-2H3. The number of hydrogen-bond donors (Lipinski definition) is 0. The Balaban J connectivity index is 1.63. The molecule has 0 radical (unpaired) electrons. The highest BCUT2D eigenvalue weighted by atomic mass is 32.2. The van der Waals surface area contributed by atoms with Crippen molar-refractivity contribution in [3.05, 3.63) is 54.1 Å². The van der Waals surface area contributed by atoms with Crippen LogP contribution in [0.15, 0.2) is 53.7 Å². The molecule has 3 aromatic rings. The molecule has 0 fully saturated rings. The molecule has 0 N–H and O–H groups in total. The number of carbonyl (C=O) groups excluding carboxylic acids is 1. The van der Waals surface area contributed by atoms with Gasteiger partial charge in [-0.3, -0.25) is 4.79 Å². The molecule has 0 aliphatic heterocycles. The monoisotopic (exact) mass is 383 g/mol. The first-order valence-corrected chi connectivity index (χ1v) is 9.62. The van der Waals surface area contributed by atoms with Gasteiger partial charge in [0.05, 0.1) is 19.3 Å². The summed E-state index contributed by atoms with van der Waals surface area (Å²) >= 11 is 1.58. The Morgan fingerprint density at radius 3 is 2.59 bits per heavy atom. The SMILES string of the molecule is CCn1c(SCCOc2ccccc2C=O)nnc1-c1ccc(OC)cc1. The Labute approximate surface area is 162 Å². The van der Waals surface area contributed by atoms with Crippen LogP contribution < -0.4 is 9.47 Å². The smallest absolute Gasteiger partial charge is 0.191 e. The third-order valence-corrected chi connectivity index (χ3v) is 4.93. The molecule has 0 amide bonds. The molecule has 7 heteroatoms. The Hall–Kier alpha value is -2.80. The summed E-state index contributed by atoms with van der Waals surface area (Å²) in [6.45, 7) is 3.31. The van der Waals surface area contributed by atoms with E-state index in [-0.39, 0.29) is 0 Å². The number of aromatic nitrogens is 3. The number of benzene rings is 2. The molecule has 0 spiro atoms. The van der Waals surface area contributed by atoms with E-state index >= 15 is 0 Å². The lowest BCUT2D eigenvalue weighted by Crippen LogP contribution is -2.04. The van der Waals surface area contributed by atoms with Gasteiger partial charge in [0.25, 0.3) is 0 Å². The zero-order chi connectivity index (χ0) is 19.1. The van der Waals surface area contributed by atoms with Gasteiger partial charge in [0.2, 0.25) is 0 Å². The van der Waals surface area contributed by atoms with Crippen molar-refractivity contribution >= 4 is 18.0 Å². The van der Waals surface area contributed by atoms with Crippen LogP contribution in [0.3, 0.4) is 0 Å². The molecule has 2 aromatic carbocycles. The molecule has 0 saturated heterocycles.